The largest absolute Gasteiger partial charge is 0.395 e. The molecule has 6 nitrogen and oxygen atoms in total. The predicted molar refractivity (Wildman–Crippen MR) is 56.2 cm³/mol. The van der Waals surface area contributed by atoms with Gasteiger partial charge >= 0.3 is 0 Å². The van der Waals surface area contributed by atoms with Crippen molar-refractivity contribution in [2.24, 2.45) is 0 Å². The first kappa shape index (κ1) is 14.8. The number of hydrogen-bond donors (Lipinski definition) is 3. The van der Waals surface area contributed by atoms with Crippen LogP contribution >= 0.6 is 0 Å². The number of hydrogen-bond acceptors (Lipinski definition) is 5. The molecule has 0 fully saturated rings. The van der Waals surface area contributed by atoms with Crippen LogP contribution in [0.3, 0.4) is 0 Å². The summed E-state index contributed by atoms with van der Waals surface area (Å²) in [6.07, 6.45) is -0.242. The second-order valence-corrected chi connectivity index (χ2v) is 5.08. The van der Waals surface area contributed by atoms with Gasteiger partial charge in [-0.05, 0) is 19.9 Å². The van der Waals surface area contributed by atoms with Crippen molar-refractivity contribution in [2.45, 2.75) is 19.4 Å². The summed E-state index contributed by atoms with van der Waals surface area (Å²) in [6, 6.07) is 0. The Morgan fingerprint density at radius 2 is 1.93 bits per heavy atom. The van der Waals surface area contributed by atoms with Gasteiger partial charge in [0.2, 0.25) is 0 Å². The van der Waals surface area contributed by atoms with E-state index in [0.717, 1.165) is 0 Å². The van der Waals surface area contributed by atoms with E-state index in [1.165, 1.54) is 0 Å². The summed E-state index contributed by atoms with van der Waals surface area (Å²) < 4.78 is 29.4. The van der Waals surface area contributed by atoms with Crippen molar-refractivity contribution < 1.29 is 23.2 Å². The minimum Gasteiger partial charge on any atom is -0.395 e. The number of rotatable bonds is 8. The summed E-state index contributed by atoms with van der Waals surface area (Å²) in [7, 11) is -3.91. The average Bonchev–Trinajstić information content (AvgIpc) is 2.00. The molecule has 0 heterocycles. The fourth-order valence-electron chi connectivity index (χ4n) is 1.28. The van der Waals surface area contributed by atoms with Gasteiger partial charge in [-0.1, -0.05) is 0 Å². The van der Waals surface area contributed by atoms with Gasteiger partial charge in [-0.3, -0.25) is 9.45 Å². The van der Waals surface area contributed by atoms with E-state index in [0.29, 0.717) is 19.6 Å². The van der Waals surface area contributed by atoms with E-state index in [1.807, 2.05) is 0 Å². The van der Waals surface area contributed by atoms with E-state index < -0.39 is 16.2 Å². The zero-order chi connectivity index (χ0) is 11.9. The maximum absolute atomic E-state index is 10.4. The Labute approximate surface area is 90.3 Å². The first-order chi connectivity index (χ1) is 6.85. The normalized spacial score (nSPS) is 14.5. The Kier molecular flexibility index (Phi) is 7.03. The van der Waals surface area contributed by atoms with Gasteiger partial charge in [0, 0.05) is 13.1 Å². The van der Waals surface area contributed by atoms with Crippen molar-refractivity contribution in [1.29, 1.82) is 0 Å². The van der Waals surface area contributed by atoms with Crippen LogP contribution in [0.4, 0.5) is 0 Å². The van der Waals surface area contributed by atoms with Crippen LogP contribution in [0, 0.1) is 0 Å². The third kappa shape index (κ3) is 10.1. The fraction of sp³-hybridized carbons (Fsp3) is 1.00. The maximum atomic E-state index is 10.4. The van der Waals surface area contributed by atoms with Gasteiger partial charge in [-0.15, -0.1) is 0 Å². The molecule has 0 spiro atoms. The summed E-state index contributed by atoms with van der Waals surface area (Å²) in [5.41, 5.74) is 0. The molecule has 15 heavy (non-hydrogen) atoms. The molecule has 3 N–H and O–H groups in total. The van der Waals surface area contributed by atoms with E-state index >= 15 is 0 Å². The lowest BCUT2D eigenvalue weighted by molar-refractivity contribution is 0.111. The fourth-order valence-corrected chi connectivity index (χ4v) is 1.77. The van der Waals surface area contributed by atoms with Gasteiger partial charge in [-0.2, -0.15) is 8.42 Å². The smallest absolute Gasteiger partial charge is 0.264 e. The molecule has 0 aliphatic carbocycles. The highest BCUT2D eigenvalue weighted by atomic mass is 32.2. The summed E-state index contributed by atoms with van der Waals surface area (Å²) in [5, 5.41) is 17.8. The SMILES string of the molecule is CC(O)CN(CCO)CCCS(=O)(=O)O. The summed E-state index contributed by atoms with van der Waals surface area (Å²) in [6.45, 7) is 2.76. The van der Waals surface area contributed by atoms with Crippen LogP contribution < -0.4 is 0 Å². The molecule has 0 aromatic carbocycles. The monoisotopic (exact) mass is 241 g/mol. The van der Waals surface area contributed by atoms with E-state index in [9.17, 15) is 8.42 Å². The molecule has 0 aromatic heterocycles. The molecule has 0 aliphatic rings. The Balaban J connectivity index is 3.85. The Bertz CT molecular complexity index is 252. The first-order valence-corrected chi connectivity index (χ1v) is 6.42. The first-order valence-electron chi connectivity index (χ1n) is 4.81. The molecule has 92 valence electrons. The number of nitrogens with zero attached hydrogens (tertiary/aromatic N) is 1. The van der Waals surface area contributed by atoms with Gasteiger partial charge in [0.25, 0.3) is 10.1 Å². The Morgan fingerprint density at radius 3 is 2.33 bits per heavy atom. The van der Waals surface area contributed by atoms with Crippen molar-refractivity contribution in [1.82, 2.24) is 4.90 Å². The van der Waals surface area contributed by atoms with Crippen LogP contribution in [0.1, 0.15) is 13.3 Å². The zero-order valence-electron chi connectivity index (χ0n) is 8.83. The minimum atomic E-state index is -3.91. The van der Waals surface area contributed by atoms with E-state index in [4.69, 9.17) is 14.8 Å². The van der Waals surface area contributed by atoms with Crippen LogP contribution in [-0.4, -0.2) is 66.2 Å². The molecular formula is C8H19NO5S. The maximum Gasteiger partial charge on any atom is 0.264 e. The predicted octanol–water partition coefficient (Wildman–Crippen LogP) is -1.06. The van der Waals surface area contributed by atoms with E-state index in [2.05, 4.69) is 0 Å². The summed E-state index contributed by atoms with van der Waals surface area (Å²) in [4.78, 5) is 1.75. The van der Waals surface area contributed by atoms with Crippen molar-refractivity contribution in [3.05, 3.63) is 0 Å². The third-order valence-corrected chi connectivity index (χ3v) is 2.62. The van der Waals surface area contributed by atoms with Crippen LogP contribution in [0.15, 0.2) is 0 Å². The number of aliphatic hydroxyl groups is 2. The quantitative estimate of drug-likeness (QED) is 0.469. The molecular weight excluding hydrogens is 222 g/mol. The minimum absolute atomic E-state index is 0.0431. The van der Waals surface area contributed by atoms with Gasteiger partial charge in [0.1, 0.15) is 0 Å². The highest BCUT2D eigenvalue weighted by molar-refractivity contribution is 7.85. The topological polar surface area (TPSA) is 98.1 Å². The zero-order valence-corrected chi connectivity index (χ0v) is 9.65. The second kappa shape index (κ2) is 7.13. The Hall–Kier alpha value is -0.210. The molecule has 0 amide bonds. The van der Waals surface area contributed by atoms with Crippen LogP contribution in [0.5, 0.6) is 0 Å². The summed E-state index contributed by atoms with van der Waals surface area (Å²) >= 11 is 0. The molecule has 1 atom stereocenters. The second-order valence-electron chi connectivity index (χ2n) is 3.51. The highest BCUT2D eigenvalue weighted by Gasteiger charge is 2.10. The molecule has 0 saturated heterocycles. The molecule has 0 bridgehead atoms. The van der Waals surface area contributed by atoms with E-state index in [1.54, 1.807) is 11.8 Å². The molecule has 0 aromatic rings. The average molecular weight is 241 g/mol. The standard InChI is InChI=1S/C8H19NO5S/c1-8(11)7-9(4-5-10)3-2-6-15(12,13)14/h8,10-11H,2-7H2,1H3,(H,12,13,14). The van der Waals surface area contributed by atoms with Crippen molar-refractivity contribution in [3.63, 3.8) is 0 Å². The van der Waals surface area contributed by atoms with Crippen molar-refractivity contribution in [2.75, 3.05) is 32.0 Å². The van der Waals surface area contributed by atoms with Crippen molar-refractivity contribution in [3.8, 4) is 0 Å². The van der Waals surface area contributed by atoms with E-state index in [-0.39, 0.29) is 18.8 Å². The highest BCUT2D eigenvalue weighted by Crippen LogP contribution is 1.96. The van der Waals surface area contributed by atoms with Crippen LogP contribution in [0.25, 0.3) is 0 Å². The molecule has 1 unspecified atom stereocenters. The summed E-state index contributed by atoms with van der Waals surface area (Å²) in [5.74, 6) is -0.297. The van der Waals surface area contributed by atoms with Gasteiger partial charge in [0.05, 0.1) is 18.5 Å². The number of aliphatic hydroxyl groups excluding tert-OH is 2. The molecule has 0 aliphatic heterocycles. The van der Waals surface area contributed by atoms with Gasteiger partial charge < -0.3 is 10.2 Å². The molecule has 0 rings (SSSR count). The third-order valence-electron chi connectivity index (χ3n) is 1.82. The van der Waals surface area contributed by atoms with Gasteiger partial charge in [0.15, 0.2) is 0 Å². The lowest BCUT2D eigenvalue weighted by Crippen LogP contribution is -2.34. The lowest BCUT2D eigenvalue weighted by Gasteiger charge is -2.22. The lowest BCUT2D eigenvalue weighted by atomic mass is 10.3. The van der Waals surface area contributed by atoms with Crippen LogP contribution in [0.2, 0.25) is 0 Å². The Morgan fingerprint density at radius 1 is 1.33 bits per heavy atom. The van der Waals surface area contributed by atoms with Crippen LogP contribution in [-0.2, 0) is 10.1 Å². The molecule has 0 saturated carbocycles. The van der Waals surface area contributed by atoms with Crippen molar-refractivity contribution >= 4 is 10.1 Å². The molecule has 0 radical (unpaired) electrons. The van der Waals surface area contributed by atoms with Gasteiger partial charge in [-0.25, -0.2) is 0 Å². The molecule has 7 heteroatoms.